The molecule has 1 atom stereocenters. The van der Waals surface area contributed by atoms with Gasteiger partial charge in [0.1, 0.15) is 11.4 Å². The summed E-state index contributed by atoms with van der Waals surface area (Å²) in [6.07, 6.45) is 1.47. The van der Waals surface area contributed by atoms with E-state index in [4.69, 9.17) is 15.2 Å². The molecule has 1 aromatic heterocycles. The van der Waals surface area contributed by atoms with E-state index in [9.17, 15) is 4.79 Å². The molecule has 2 N–H and O–H groups in total. The third-order valence-electron chi connectivity index (χ3n) is 3.60. The molecule has 1 aliphatic rings. The first-order valence-electron chi connectivity index (χ1n) is 7.75. The Labute approximate surface area is 137 Å². The van der Waals surface area contributed by atoms with E-state index in [2.05, 4.69) is 9.88 Å². The fourth-order valence-electron chi connectivity index (χ4n) is 2.59. The van der Waals surface area contributed by atoms with Crippen LogP contribution in [0.15, 0.2) is 18.3 Å². The lowest BCUT2D eigenvalue weighted by Crippen LogP contribution is -2.57. The van der Waals surface area contributed by atoms with Crippen LogP contribution in [0.3, 0.4) is 0 Å². The quantitative estimate of drug-likeness (QED) is 0.913. The van der Waals surface area contributed by atoms with Gasteiger partial charge in [0.15, 0.2) is 0 Å². The molecule has 128 valence electrons. The Morgan fingerprint density at radius 2 is 2.13 bits per heavy atom. The fraction of sp³-hybridized carbons (Fsp3) is 0.625. The van der Waals surface area contributed by atoms with Crippen LogP contribution in [0.25, 0.3) is 0 Å². The number of anilines is 2. The molecule has 0 spiro atoms. The van der Waals surface area contributed by atoms with Crippen LogP contribution < -0.4 is 10.6 Å². The first kappa shape index (κ1) is 17.3. The molecule has 1 fully saturated rings. The number of piperazine rings is 1. The average Bonchev–Trinajstić information content (AvgIpc) is 2.47. The van der Waals surface area contributed by atoms with Gasteiger partial charge in [0.2, 0.25) is 0 Å². The lowest BCUT2D eigenvalue weighted by atomic mass is 10.1. The van der Waals surface area contributed by atoms with E-state index in [1.165, 1.54) is 0 Å². The SMILES string of the molecule is COC[C@H]1CN(C(=O)OC(C)(C)C)CCN1c1ccc(N)nc1. The van der Waals surface area contributed by atoms with Crippen molar-refractivity contribution in [2.75, 3.05) is 44.0 Å². The van der Waals surface area contributed by atoms with Crippen LogP contribution in [0.1, 0.15) is 20.8 Å². The number of hydrogen-bond donors (Lipinski definition) is 1. The van der Waals surface area contributed by atoms with Gasteiger partial charge in [-0.15, -0.1) is 0 Å². The van der Waals surface area contributed by atoms with Gasteiger partial charge in [0.25, 0.3) is 0 Å². The molecule has 1 amide bonds. The number of carbonyl (C=O) groups is 1. The van der Waals surface area contributed by atoms with Crippen LogP contribution in [0.5, 0.6) is 0 Å². The van der Waals surface area contributed by atoms with E-state index in [-0.39, 0.29) is 12.1 Å². The molecule has 2 heterocycles. The highest BCUT2D eigenvalue weighted by molar-refractivity contribution is 5.69. The van der Waals surface area contributed by atoms with Gasteiger partial charge in [-0.1, -0.05) is 0 Å². The maximum Gasteiger partial charge on any atom is 0.410 e. The summed E-state index contributed by atoms with van der Waals surface area (Å²) in [7, 11) is 1.66. The van der Waals surface area contributed by atoms with Gasteiger partial charge in [0.05, 0.1) is 24.5 Å². The third-order valence-corrected chi connectivity index (χ3v) is 3.60. The van der Waals surface area contributed by atoms with Crippen LogP contribution >= 0.6 is 0 Å². The van der Waals surface area contributed by atoms with Crippen molar-refractivity contribution in [1.29, 1.82) is 0 Å². The fourth-order valence-corrected chi connectivity index (χ4v) is 2.59. The highest BCUT2D eigenvalue weighted by atomic mass is 16.6. The number of ether oxygens (including phenoxy) is 2. The van der Waals surface area contributed by atoms with Crippen LogP contribution in [0.4, 0.5) is 16.3 Å². The molecule has 0 aliphatic carbocycles. The first-order chi connectivity index (χ1) is 10.8. The van der Waals surface area contributed by atoms with E-state index < -0.39 is 5.60 Å². The average molecular weight is 322 g/mol. The molecule has 2 rings (SSSR count). The van der Waals surface area contributed by atoms with Crippen molar-refractivity contribution >= 4 is 17.6 Å². The number of amides is 1. The molecule has 23 heavy (non-hydrogen) atoms. The summed E-state index contributed by atoms with van der Waals surface area (Å²) in [5.41, 5.74) is 6.13. The Balaban J connectivity index is 2.08. The number of nitrogens with two attached hydrogens (primary N) is 1. The molecular formula is C16H26N4O3. The normalized spacial score (nSPS) is 18.9. The molecule has 0 radical (unpaired) electrons. The maximum absolute atomic E-state index is 12.3. The molecule has 0 unspecified atom stereocenters. The molecule has 1 aromatic rings. The van der Waals surface area contributed by atoms with Crippen LogP contribution in [0, 0.1) is 0 Å². The highest BCUT2D eigenvalue weighted by Crippen LogP contribution is 2.22. The second-order valence-corrected chi connectivity index (χ2v) is 6.67. The van der Waals surface area contributed by atoms with Gasteiger partial charge in [0, 0.05) is 26.7 Å². The van der Waals surface area contributed by atoms with E-state index in [0.717, 1.165) is 5.69 Å². The summed E-state index contributed by atoms with van der Waals surface area (Å²) in [5, 5.41) is 0. The zero-order chi connectivity index (χ0) is 17.0. The van der Waals surface area contributed by atoms with Crippen LogP contribution in [-0.4, -0.2) is 61.0 Å². The van der Waals surface area contributed by atoms with E-state index >= 15 is 0 Å². The Morgan fingerprint density at radius 1 is 1.39 bits per heavy atom. The van der Waals surface area contributed by atoms with Gasteiger partial charge in [-0.2, -0.15) is 0 Å². The summed E-state index contributed by atoms with van der Waals surface area (Å²) in [6, 6.07) is 3.76. The van der Waals surface area contributed by atoms with E-state index in [1.54, 1.807) is 24.3 Å². The monoisotopic (exact) mass is 322 g/mol. The Kier molecular flexibility index (Phi) is 5.30. The number of hydrogen-bond acceptors (Lipinski definition) is 6. The summed E-state index contributed by atoms with van der Waals surface area (Å²) in [6.45, 7) is 7.96. The van der Waals surface area contributed by atoms with Gasteiger partial charge < -0.3 is 25.0 Å². The predicted molar refractivity (Wildman–Crippen MR) is 89.5 cm³/mol. The number of rotatable bonds is 3. The minimum Gasteiger partial charge on any atom is -0.444 e. The van der Waals surface area contributed by atoms with E-state index in [1.807, 2.05) is 26.8 Å². The van der Waals surface area contributed by atoms with Crippen molar-refractivity contribution in [2.45, 2.75) is 32.4 Å². The smallest absolute Gasteiger partial charge is 0.410 e. The Hall–Kier alpha value is -2.02. The topological polar surface area (TPSA) is 80.9 Å². The molecule has 1 saturated heterocycles. The van der Waals surface area contributed by atoms with Crippen molar-refractivity contribution in [1.82, 2.24) is 9.88 Å². The van der Waals surface area contributed by atoms with Crippen LogP contribution in [-0.2, 0) is 9.47 Å². The lowest BCUT2D eigenvalue weighted by molar-refractivity contribution is 0.0186. The van der Waals surface area contributed by atoms with Gasteiger partial charge in [-0.3, -0.25) is 0 Å². The first-order valence-corrected chi connectivity index (χ1v) is 7.75. The molecule has 7 heteroatoms. The van der Waals surface area contributed by atoms with Crippen molar-refractivity contribution in [3.63, 3.8) is 0 Å². The maximum atomic E-state index is 12.3. The van der Waals surface area contributed by atoms with E-state index in [0.29, 0.717) is 32.1 Å². The zero-order valence-electron chi connectivity index (χ0n) is 14.3. The second-order valence-electron chi connectivity index (χ2n) is 6.67. The summed E-state index contributed by atoms with van der Waals surface area (Å²) >= 11 is 0. The summed E-state index contributed by atoms with van der Waals surface area (Å²) < 4.78 is 10.8. The summed E-state index contributed by atoms with van der Waals surface area (Å²) in [5.74, 6) is 0.490. The molecule has 1 aliphatic heterocycles. The Bertz CT molecular complexity index is 527. The predicted octanol–water partition coefficient (Wildman–Crippen LogP) is 1.74. The van der Waals surface area contributed by atoms with Crippen molar-refractivity contribution in [3.05, 3.63) is 18.3 Å². The molecule has 0 bridgehead atoms. The second kappa shape index (κ2) is 7.04. The van der Waals surface area contributed by atoms with Gasteiger partial charge in [-0.05, 0) is 32.9 Å². The van der Waals surface area contributed by atoms with Crippen molar-refractivity contribution in [3.8, 4) is 0 Å². The van der Waals surface area contributed by atoms with Crippen molar-refractivity contribution in [2.24, 2.45) is 0 Å². The lowest BCUT2D eigenvalue weighted by Gasteiger charge is -2.42. The van der Waals surface area contributed by atoms with Crippen LogP contribution in [0.2, 0.25) is 0 Å². The third kappa shape index (κ3) is 4.72. The minimum absolute atomic E-state index is 0.0479. The molecular weight excluding hydrogens is 296 g/mol. The van der Waals surface area contributed by atoms with Gasteiger partial charge in [-0.25, -0.2) is 9.78 Å². The number of nitrogen functional groups attached to an aromatic ring is 1. The standard InChI is InChI=1S/C16H26N4O3/c1-16(2,3)23-15(21)19-7-8-20(13(10-19)11-22-4)12-5-6-14(17)18-9-12/h5-6,9,13H,7-8,10-11H2,1-4H3,(H2,17,18)/t13-/m1/s1. The number of nitrogens with zero attached hydrogens (tertiary/aromatic N) is 3. The largest absolute Gasteiger partial charge is 0.444 e. The molecule has 0 aromatic carbocycles. The molecule has 0 saturated carbocycles. The minimum atomic E-state index is -0.494. The molecule has 7 nitrogen and oxygen atoms in total. The number of carbonyl (C=O) groups excluding carboxylic acids is 1. The number of pyridine rings is 1. The highest BCUT2D eigenvalue weighted by Gasteiger charge is 2.32. The number of methoxy groups -OCH3 is 1. The Morgan fingerprint density at radius 3 is 2.70 bits per heavy atom. The van der Waals surface area contributed by atoms with Gasteiger partial charge >= 0.3 is 6.09 Å². The number of aromatic nitrogens is 1. The zero-order valence-corrected chi connectivity index (χ0v) is 14.3. The summed E-state index contributed by atoms with van der Waals surface area (Å²) in [4.78, 5) is 20.3. The van der Waals surface area contributed by atoms with Crippen molar-refractivity contribution < 1.29 is 14.3 Å².